The first-order valence-electron chi connectivity index (χ1n) is 6.59. The van der Waals surface area contributed by atoms with E-state index in [0.717, 1.165) is 35.9 Å². The Hall–Kier alpha value is -0.550. The first kappa shape index (κ1) is 11.5. The summed E-state index contributed by atoms with van der Waals surface area (Å²) >= 11 is 1.73. The standard InChI is InChI=1S/C12H19N3OS/c1-3-9(4-1)8-17-12-15-14-11(16-12)10-5-2-6-13-7-10/h9-10,13H,1-8H2. The smallest absolute Gasteiger partial charge is 0.276 e. The Bertz CT molecular complexity index is 358. The number of hydrogen-bond acceptors (Lipinski definition) is 5. The van der Waals surface area contributed by atoms with Crippen LogP contribution in [0.3, 0.4) is 0 Å². The van der Waals surface area contributed by atoms with Crippen LogP contribution in [0.2, 0.25) is 0 Å². The van der Waals surface area contributed by atoms with Gasteiger partial charge in [0.15, 0.2) is 0 Å². The minimum absolute atomic E-state index is 0.425. The third kappa shape index (κ3) is 2.83. The van der Waals surface area contributed by atoms with Gasteiger partial charge in [0, 0.05) is 18.2 Å². The Morgan fingerprint density at radius 3 is 2.88 bits per heavy atom. The van der Waals surface area contributed by atoms with Gasteiger partial charge in [0.2, 0.25) is 5.89 Å². The molecule has 1 saturated carbocycles. The average molecular weight is 253 g/mol. The predicted molar refractivity (Wildman–Crippen MR) is 67.2 cm³/mol. The molecule has 0 amide bonds. The van der Waals surface area contributed by atoms with Gasteiger partial charge in [-0.2, -0.15) is 0 Å². The van der Waals surface area contributed by atoms with Crippen LogP contribution in [0.5, 0.6) is 0 Å². The van der Waals surface area contributed by atoms with Gasteiger partial charge >= 0.3 is 0 Å². The lowest BCUT2D eigenvalue weighted by Gasteiger charge is -2.23. The molecule has 5 heteroatoms. The second-order valence-electron chi connectivity index (χ2n) is 5.06. The van der Waals surface area contributed by atoms with Gasteiger partial charge in [0.1, 0.15) is 0 Å². The Kier molecular flexibility index (Phi) is 3.66. The maximum atomic E-state index is 5.74. The summed E-state index contributed by atoms with van der Waals surface area (Å²) < 4.78 is 5.74. The molecule has 1 aromatic rings. The molecule has 2 heterocycles. The van der Waals surface area contributed by atoms with Gasteiger partial charge in [-0.3, -0.25) is 0 Å². The fraction of sp³-hybridized carbons (Fsp3) is 0.833. The SMILES string of the molecule is C1CC(CSc2nnc(C3CCCNC3)o2)C1. The van der Waals surface area contributed by atoms with Gasteiger partial charge in [0.05, 0.1) is 0 Å². The molecule has 1 atom stereocenters. The molecule has 1 N–H and O–H groups in total. The minimum atomic E-state index is 0.425. The molecule has 0 bridgehead atoms. The van der Waals surface area contributed by atoms with E-state index in [-0.39, 0.29) is 0 Å². The summed E-state index contributed by atoms with van der Waals surface area (Å²) in [5, 5.41) is 12.5. The molecule has 1 unspecified atom stereocenters. The molecule has 1 aliphatic heterocycles. The number of nitrogens with one attached hydrogen (secondary N) is 1. The van der Waals surface area contributed by atoms with Crippen molar-refractivity contribution in [1.29, 1.82) is 0 Å². The lowest BCUT2D eigenvalue weighted by molar-refractivity contribution is 0.338. The summed E-state index contributed by atoms with van der Waals surface area (Å²) in [4.78, 5) is 0. The predicted octanol–water partition coefficient (Wildman–Crippen LogP) is 2.43. The van der Waals surface area contributed by atoms with E-state index < -0.39 is 0 Å². The maximum absolute atomic E-state index is 5.74. The van der Waals surface area contributed by atoms with Crippen molar-refractivity contribution in [2.24, 2.45) is 5.92 Å². The van der Waals surface area contributed by atoms with Crippen molar-refractivity contribution >= 4 is 11.8 Å². The molecule has 4 nitrogen and oxygen atoms in total. The topological polar surface area (TPSA) is 51.0 Å². The summed E-state index contributed by atoms with van der Waals surface area (Å²) in [6.07, 6.45) is 6.52. The number of piperidine rings is 1. The van der Waals surface area contributed by atoms with Crippen molar-refractivity contribution in [3.05, 3.63) is 5.89 Å². The lowest BCUT2D eigenvalue weighted by atomic mass is 9.87. The highest BCUT2D eigenvalue weighted by Crippen LogP contribution is 2.32. The van der Waals surface area contributed by atoms with Crippen molar-refractivity contribution in [1.82, 2.24) is 15.5 Å². The monoisotopic (exact) mass is 253 g/mol. The zero-order valence-electron chi connectivity index (χ0n) is 10.0. The number of rotatable bonds is 4. The molecule has 2 aliphatic rings. The van der Waals surface area contributed by atoms with Gasteiger partial charge < -0.3 is 9.73 Å². The van der Waals surface area contributed by atoms with E-state index in [0.29, 0.717) is 5.92 Å². The van der Waals surface area contributed by atoms with Crippen molar-refractivity contribution < 1.29 is 4.42 Å². The van der Waals surface area contributed by atoms with Crippen LogP contribution in [-0.4, -0.2) is 29.0 Å². The number of hydrogen-bond donors (Lipinski definition) is 1. The van der Waals surface area contributed by atoms with Gasteiger partial charge in [-0.15, -0.1) is 10.2 Å². The minimum Gasteiger partial charge on any atom is -0.416 e. The fourth-order valence-corrected chi connectivity index (χ4v) is 3.31. The summed E-state index contributed by atoms with van der Waals surface area (Å²) in [5.74, 6) is 3.28. The van der Waals surface area contributed by atoms with Crippen molar-refractivity contribution in [2.45, 2.75) is 43.2 Å². The highest BCUT2D eigenvalue weighted by molar-refractivity contribution is 7.99. The Morgan fingerprint density at radius 2 is 2.18 bits per heavy atom. The molecular weight excluding hydrogens is 234 g/mol. The molecule has 1 saturated heterocycles. The number of thioether (sulfide) groups is 1. The van der Waals surface area contributed by atoms with E-state index in [1.165, 1.54) is 32.1 Å². The van der Waals surface area contributed by atoms with Crippen LogP contribution in [0, 0.1) is 5.92 Å². The lowest BCUT2D eigenvalue weighted by Crippen LogP contribution is -2.28. The quantitative estimate of drug-likeness (QED) is 0.835. The Morgan fingerprint density at radius 1 is 1.24 bits per heavy atom. The molecule has 1 aromatic heterocycles. The molecule has 94 valence electrons. The first-order chi connectivity index (χ1) is 8.42. The number of aromatic nitrogens is 2. The van der Waals surface area contributed by atoms with Crippen LogP contribution in [0.4, 0.5) is 0 Å². The number of nitrogens with zero attached hydrogens (tertiary/aromatic N) is 2. The van der Waals surface area contributed by atoms with E-state index in [1.54, 1.807) is 11.8 Å². The van der Waals surface area contributed by atoms with Crippen molar-refractivity contribution in [3.63, 3.8) is 0 Å². The van der Waals surface area contributed by atoms with Crippen LogP contribution in [-0.2, 0) is 0 Å². The van der Waals surface area contributed by atoms with Crippen molar-refractivity contribution in [3.8, 4) is 0 Å². The largest absolute Gasteiger partial charge is 0.416 e. The summed E-state index contributed by atoms with van der Waals surface area (Å²) in [5.41, 5.74) is 0. The van der Waals surface area contributed by atoms with E-state index in [4.69, 9.17) is 4.42 Å². The summed E-state index contributed by atoms with van der Waals surface area (Å²) in [7, 11) is 0. The molecule has 17 heavy (non-hydrogen) atoms. The van der Waals surface area contributed by atoms with E-state index in [9.17, 15) is 0 Å². The van der Waals surface area contributed by atoms with Crippen LogP contribution < -0.4 is 5.32 Å². The first-order valence-corrected chi connectivity index (χ1v) is 7.57. The summed E-state index contributed by atoms with van der Waals surface area (Å²) in [6.45, 7) is 2.10. The molecule has 0 spiro atoms. The van der Waals surface area contributed by atoms with E-state index >= 15 is 0 Å². The molecular formula is C12H19N3OS. The fourth-order valence-electron chi connectivity index (χ4n) is 2.35. The molecule has 2 fully saturated rings. The Balaban J connectivity index is 1.53. The van der Waals surface area contributed by atoms with Gasteiger partial charge in [-0.05, 0) is 38.1 Å². The van der Waals surface area contributed by atoms with Gasteiger partial charge in [-0.1, -0.05) is 18.2 Å². The molecule has 3 rings (SSSR count). The van der Waals surface area contributed by atoms with Crippen molar-refractivity contribution in [2.75, 3.05) is 18.8 Å². The zero-order chi connectivity index (χ0) is 11.5. The van der Waals surface area contributed by atoms with E-state index in [1.807, 2.05) is 0 Å². The van der Waals surface area contributed by atoms with Crippen LogP contribution in [0.25, 0.3) is 0 Å². The van der Waals surface area contributed by atoms with Crippen LogP contribution in [0.1, 0.15) is 43.9 Å². The van der Waals surface area contributed by atoms with E-state index in [2.05, 4.69) is 15.5 Å². The van der Waals surface area contributed by atoms with Crippen LogP contribution >= 0.6 is 11.8 Å². The maximum Gasteiger partial charge on any atom is 0.276 e. The highest BCUT2D eigenvalue weighted by Gasteiger charge is 2.22. The average Bonchev–Trinajstić information content (AvgIpc) is 2.77. The van der Waals surface area contributed by atoms with Gasteiger partial charge in [0.25, 0.3) is 5.22 Å². The molecule has 0 radical (unpaired) electrons. The molecule has 1 aliphatic carbocycles. The normalized spacial score (nSPS) is 25.8. The Labute approximate surface area is 106 Å². The third-order valence-corrected chi connectivity index (χ3v) is 4.79. The second-order valence-corrected chi connectivity index (χ2v) is 6.03. The van der Waals surface area contributed by atoms with Crippen LogP contribution in [0.15, 0.2) is 9.64 Å². The molecule has 0 aromatic carbocycles. The highest BCUT2D eigenvalue weighted by atomic mass is 32.2. The van der Waals surface area contributed by atoms with Gasteiger partial charge in [-0.25, -0.2) is 0 Å². The third-order valence-electron chi connectivity index (χ3n) is 3.74. The zero-order valence-corrected chi connectivity index (χ0v) is 10.8. The second kappa shape index (κ2) is 5.40. The summed E-state index contributed by atoms with van der Waals surface area (Å²) in [6, 6.07) is 0.